The van der Waals surface area contributed by atoms with Crippen LogP contribution in [-0.4, -0.2) is 40.9 Å². The number of hydrogen-bond acceptors (Lipinski definition) is 8. The summed E-state index contributed by atoms with van der Waals surface area (Å²) in [5.74, 6) is -0.0546. The Labute approximate surface area is 189 Å². The predicted octanol–water partition coefficient (Wildman–Crippen LogP) is 2.68. The number of nitriles is 1. The molecule has 33 heavy (non-hydrogen) atoms. The van der Waals surface area contributed by atoms with Gasteiger partial charge in [0, 0.05) is 25.9 Å². The Bertz CT molecular complexity index is 1280. The number of hydrogen-bond donors (Lipinski definition) is 2. The standard InChI is InChI=1S/C22H22FN9O/c1-12-19-17(11-24)31(4)30-21(19)29-18-6-5-9-27-32(18)16-8-7-14(23)10-15(16)13(2)33-22(28-12)20(25)26-3/h5-10,13,18H,1H2,2-4H3,(H2,25,26)(H,29,30). The van der Waals surface area contributed by atoms with Crippen molar-refractivity contribution < 1.29 is 9.13 Å². The number of nitrogens with two attached hydrogens (primary N) is 1. The zero-order chi connectivity index (χ0) is 23.7. The SMILES string of the molecule is C=C1N=C(C(N)=NC)OC(C)c2cc(F)ccc2N2N=CC=CC2Nc2nn(C)c(C#N)c21. The fourth-order valence-electron chi connectivity index (χ4n) is 3.62. The summed E-state index contributed by atoms with van der Waals surface area (Å²) in [6.45, 7) is 5.76. The molecule has 168 valence electrons. The summed E-state index contributed by atoms with van der Waals surface area (Å²) in [6.07, 6.45) is 4.09. The molecule has 1 aromatic heterocycles. The normalized spacial score (nSPS) is 20.2. The van der Waals surface area contributed by atoms with Gasteiger partial charge >= 0.3 is 0 Å². The van der Waals surface area contributed by atoms with Crippen molar-refractivity contribution in [2.75, 3.05) is 17.4 Å². The molecule has 2 aliphatic heterocycles. The van der Waals surface area contributed by atoms with Crippen LogP contribution < -0.4 is 16.1 Å². The van der Waals surface area contributed by atoms with Crippen molar-refractivity contribution >= 4 is 35.2 Å². The minimum Gasteiger partial charge on any atom is -0.467 e. The summed E-state index contributed by atoms with van der Waals surface area (Å²) in [6, 6.07) is 6.48. The lowest BCUT2D eigenvalue weighted by molar-refractivity contribution is 0.217. The highest BCUT2D eigenvalue weighted by molar-refractivity contribution is 6.38. The number of amidine groups is 1. The van der Waals surface area contributed by atoms with Crippen molar-refractivity contribution in [3.63, 3.8) is 0 Å². The summed E-state index contributed by atoms with van der Waals surface area (Å²) in [7, 11) is 3.14. The Kier molecular flexibility index (Phi) is 5.66. The van der Waals surface area contributed by atoms with E-state index in [9.17, 15) is 9.65 Å². The first kappa shape index (κ1) is 21.8. The second kappa shape index (κ2) is 8.58. The molecule has 11 heteroatoms. The molecule has 3 heterocycles. The van der Waals surface area contributed by atoms with E-state index >= 15 is 0 Å². The summed E-state index contributed by atoms with van der Waals surface area (Å²) in [5, 5.41) is 23.6. The molecule has 0 aliphatic carbocycles. The van der Waals surface area contributed by atoms with Gasteiger partial charge in [0.25, 0.3) is 5.90 Å². The van der Waals surface area contributed by atoms with Crippen LogP contribution in [0.4, 0.5) is 15.9 Å². The van der Waals surface area contributed by atoms with Gasteiger partial charge in [-0.25, -0.2) is 14.4 Å². The smallest absolute Gasteiger partial charge is 0.257 e. The van der Waals surface area contributed by atoms with E-state index in [1.807, 2.05) is 6.08 Å². The molecule has 0 radical (unpaired) electrons. The summed E-state index contributed by atoms with van der Waals surface area (Å²) in [4.78, 5) is 8.41. The zero-order valence-electron chi connectivity index (χ0n) is 18.3. The van der Waals surface area contributed by atoms with Gasteiger partial charge in [0.15, 0.2) is 11.7 Å². The van der Waals surface area contributed by atoms with Crippen LogP contribution in [0.3, 0.4) is 0 Å². The number of aryl methyl sites for hydroxylation is 1. The molecule has 4 rings (SSSR count). The topological polar surface area (TPSA) is 129 Å². The van der Waals surface area contributed by atoms with Gasteiger partial charge < -0.3 is 15.8 Å². The highest BCUT2D eigenvalue weighted by Crippen LogP contribution is 2.35. The summed E-state index contributed by atoms with van der Waals surface area (Å²) >= 11 is 0. The van der Waals surface area contributed by atoms with Gasteiger partial charge in [0.05, 0.1) is 16.9 Å². The second-order valence-electron chi connectivity index (χ2n) is 7.33. The third-order valence-corrected chi connectivity index (χ3v) is 5.22. The van der Waals surface area contributed by atoms with Crippen LogP contribution in [0.1, 0.15) is 29.8 Å². The van der Waals surface area contributed by atoms with Crippen molar-refractivity contribution in [1.29, 1.82) is 5.26 Å². The highest BCUT2D eigenvalue weighted by Gasteiger charge is 2.29. The van der Waals surface area contributed by atoms with E-state index in [-0.39, 0.29) is 23.1 Å². The Morgan fingerprint density at radius 2 is 2.21 bits per heavy atom. The molecule has 0 spiro atoms. The number of fused-ring (bicyclic) bond motifs is 4. The molecule has 2 aliphatic rings. The van der Waals surface area contributed by atoms with Crippen LogP contribution in [0.5, 0.6) is 0 Å². The molecule has 2 aromatic rings. The average Bonchev–Trinajstić information content (AvgIpc) is 3.12. The minimum absolute atomic E-state index is 0.0110. The predicted molar refractivity (Wildman–Crippen MR) is 125 cm³/mol. The Morgan fingerprint density at radius 1 is 1.42 bits per heavy atom. The number of benzene rings is 1. The van der Waals surface area contributed by atoms with E-state index in [4.69, 9.17) is 10.5 Å². The van der Waals surface area contributed by atoms with Gasteiger partial charge in [-0.15, -0.1) is 0 Å². The number of hydrazone groups is 1. The monoisotopic (exact) mass is 447 g/mol. The van der Waals surface area contributed by atoms with E-state index in [0.717, 1.165) is 0 Å². The van der Waals surface area contributed by atoms with Crippen LogP contribution in [-0.2, 0) is 11.8 Å². The third-order valence-electron chi connectivity index (χ3n) is 5.22. The summed E-state index contributed by atoms with van der Waals surface area (Å²) < 4.78 is 21.7. The van der Waals surface area contributed by atoms with Crippen molar-refractivity contribution in [2.45, 2.75) is 19.2 Å². The number of aromatic nitrogens is 2. The number of rotatable bonds is 1. The second-order valence-corrected chi connectivity index (χ2v) is 7.33. The number of aliphatic imine (C=N–C) groups is 2. The summed E-state index contributed by atoms with van der Waals surface area (Å²) in [5.41, 5.74) is 8.00. The highest BCUT2D eigenvalue weighted by atomic mass is 19.1. The van der Waals surface area contributed by atoms with Gasteiger partial charge in [0.2, 0.25) is 0 Å². The van der Waals surface area contributed by atoms with Gasteiger partial charge in [-0.3, -0.25) is 9.67 Å². The molecule has 2 unspecified atom stereocenters. The number of anilines is 2. The van der Waals surface area contributed by atoms with Gasteiger partial charge in [0.1, 0.15) is 29.9 Å². The Morgan fingerprint density at radius 3 is 2.94 bits per heavy atom. The van der Waals surface area contributed by atoms with E-state index in [0.29, 0.717) is 22.6 Å². The largest absolute Gasteiger partial charge is 0.467 e. The fourth-order valence-corrected chi connectivity index (χ4v) is 3.62. The minimum atomic E-state index is -0.674. The van der Waals surface area contributed by atoms with E-state index in [1.54, 1.807) is 37.3 Å². The molecular weight excluding hydrogens is 425 g/mol. The molecule has 0 saturated carbocycles. The number of nitrogens with one attached hydrogen (secondary N) is 1. The van der Waals surface area contributed by atoms with Gasteiger partial charge in [-0.2, -0.15) is 15.5 Å². The third kappa shape index (κ3) is 3.94. The number of halogens is 1. The molecule has 3 N–H and O–H groups in total. The zero-order valence-corrected chi connectivity index (χ0v) is 18.3. The van der Waals surface area contributed by atoms with Crippen molar-refractivity contribution in [2.24, 2.45) is 27.9 Å². The van der Waals surface area contributed by atoms with Crippen LogP contribution >= 0.6 is 0 Å². The van der Waals surface area contributed by atoms with E-state index in [2.05, 4.69) is 38.1 Å². The van der Waals surface area contributed by atoms with Gasteiger partial charge in [-0.1, -0.05) is 6.58 Å². The molecule has 0 bridgehead atoms. The lowest BCUT2D eigenvalue weighted by Gasteiger charge is -2.32. The first-order chi connectivity index (χ1) is 15.8. The average molecular weight is 447 g/mol. The van der Waals surface area contributed by atoms with Gasteiger partial charge in [-0.05, 0) is 37.3 Å². The van der Waals surface area contributed by atoms with Crippen LogP contribution in [0.15, 0.2) is 52.0 Å². The van der Waals surface area contributed by atoms with Crippen LogP contribution in [0, 0.1) is 17.1 Å². The van der Waals surface area contributed by atoms with Crippen LogP contribution in [0.25, 0.3) is 5.70 Å². The number of allylic oxidation sites excluding steroid dienone is 1. The lowest BCUT2D eigenvalue weighted by atomic mass is 10.1. The molecular formula is C22H22FN9O. The molecule has 0 amide bonds. The first-order valence-electron chi connectivity index (χ1n) is 10.0. The molecule has 0 fully saturated rings. The maximum Gasteiger partial charge on any atom is 0.257 e. The molecule has 1 aromatic carbocycles. The molecule has 10 nitrogen and oxygen atoms in total. The van der Waals surface area contributed by atoms with Crippen LogP contribution in [0.2, 0.25) is 0 Å². The maximum atomic E-state index is 14.2. The Hall–Kier alpha value is -4.46. The fraction of sp³-hybridized carbons (Fsp3) is 0.227. The maximum absolute atomic E-state index is 14.2. The van der Waals surface area contributed by atoms with Crippen molar-refractivity contribution in [3.05, 3.63) is 59.6 Å². The van der Waals surface area contributed by atoms with Crippen molar-refractivity contribution in [1.82, 2.24) is 9.78 Å². The van der Waals surface area contributed by atoms with E-state index in [1.165, 1.54) is 23.9 Å². The quantitative estimate of drug-likeness (QED) is 0.511. The number of nitrogens with zero attached hydrogens (tertiary/aromatic N) is 7. The Balaban J connectivity index is 1.97. The molecule has 2 atom stereocenters. The van der Waals surface area contributed by atoms with E-state index < -0.39 is 18.1 Å². The first-order valence-corrected chi connectivity index (χ1v) is 10.0. The molecule has 0 saturated heterocycles. The lowest BCUT2D eigenvalue weighted by Crippen LogP contribution is -2.39. The van der Waals surface area contributed by atoms with Crippen molar-refractivity contribution in [3.8, 4) is 6.07 Å². The number of ether oxygens (including phenoxy) is 1.